The Morgan fingerprint density at radius 1 is 1.57 bits per heavy atom. The minimum Gasteiger partial charge on any atom is -0.478 e. The van der Waals surface area contributed by atoms with Crippen LogP contribution in [0, 0.1) is 10.1 Å². The monoisotopic (exact) mass is 194 g/mol. The summed E-state index contributed by atoms with van der Waals surface area (Å²) >= 11 is 0. The van der Waals surface area contributed by atoms with Crippen LogP contribution in [-0.4, -0.2) is 17.2 Å². The van der Waals surface area contributed by atoms with Crippen molar-refractivity contribution in [2.45, 2.75) is 0 Å². The Labute approximate surface area is 78.2 Å². The van der Waals surface area contributed by atoms with Crippen molar-refractivity contribution in [1.82, 2.24) is 5.16 Å². The summed E-state index contributed by atoms with van der Waals surface area (Å²) in [5, 5.41) is 14.6. The number of non-ortho nitro benzene ring substituents is 1. The summed E-state index contributed by atoms with van der Waals surface area (Å²) in [6.45, 7) is 0. The summed E-state index contributed by atoms with van der Waals surface area (Å²) in [6, 6.07) is 4.56. The normalized spacial score (nSPS) is 10.4. The molecule has 2 rings (SSSR count). The molecule has 0 bridgehead atoms. The first-order chi connectivity index (χ1) is 6.74. The zero-order chi connectivity index (χ0) is 10.1. The van der Waals surface area contributed by atoms with E-state index in [1.807, 2.05) is 0 Å². The molecule has 0 aliphatic carbocycles. The number of fused-ring (bicyclic) bond motifs is 1. The van der Waals surface area contributed by atoms with E-state index in [2.05, 4.69) is 5.16 Å². The lowest BCUT2D eigenvalue weighted by Gasteiger charge is -1.92. The van der Waals surface area contributed by atoms with Crippen LogP contribution in [0.5, 0.6) is 5.88 Å². The van der Waals surface area contributed by atoms with Gasteiger partial charge in [0.1, 0.15) is 0 Å². The number of para-hydroxylation sites is 1. The highest BCUT2D eigenvalue weighted by Crippen LogP contribution is 2.31. The van der Waals surface area contributed by atoms with E-state index >= 15 is 0 Å². The molecule has 0 unspecified atom stereocenters. The summed E-state index contributed by atoms with van der Waals surface area (Å²) in [4.78, 5) is 10.1. The Morgan fingerprint density at radius 3 is 3.00 bits per heavy atom. The summed E-state index contributed by atoms with van der Waals surface area (Å²) in [6.07, 6.45) is 0. The second-order valence-corrected chi connectivity index (χ2v) is 2.60. The molecular weight excluding hydrogens is 188 g/mol. The van der Waals surface area contributed by atoms with Gasteiger partial charge in [-0.1, -0.05) is 6.07 Å². The van der Waals surface area contributed by atoms with E-state index in [0.717, 1.165) is 0 Å². The molecule has 72 valence electrons. The largest absolute Gasteiger partial charge is 0.478 e. The molecule has 0 saturated heterocycles. The standard InChI is InChI=1S/C8H6N2O4/c1-13-8-5-3-2-4-6(10(11)12)7(5)14-9-8/h2-4H,1H3. The molecule has 0 radical (unpaired) electrons. The molecule has 0 aliphatic heterocycles. The summed E-state index contributed by atoms with van der Waals surface area (Å²) in [5.74, 6) is 0.253. The first-order valence-corrected chi connectivity index (χ1v) is 3.81. The van der Waals surface area contributed by atoms with Crippen LogP contribution in [0.2, 0.25) is 0 Å². The predicted octanol–water partition coefficient (Wildman–Crippen LogP) is 1.74. The van der Waals surface area contributed by atoms with Crippen molar-refractivity contribution >= 4 is 16.7 Å². The topological polar surface area (TPSA) is 78.4 Å². The highest BCUT2D eigenvalue weighted by Gasteiger charge is 2.18. The molecule has 0 amide bonds. The molecule has 1 aromatic heterocycles. The molecule has 0 aliphatic rings. The van der Waals surface area contributed by atoms with E-state index in [1.54, 1.807) is 12.1 Å². The van der Waals surface area contributed by atoms with Crippen LogP contribution in [0.25, 0.3) is 11.0 Å². The Balaban J connectivity index is 2.76. The molecule has 6 heteroatoms. The third-order valence-corrected chi connectivity index (χ3v) is 1.83. The van der Waals surface area contributed by atoms with E-state index in [4.69, 9.17) is 9.26 Å². The Hall–Kier alpha value is -2.11. The van der Waals surface area contributed by atoms with Gasteiger partial charge in [-0.2, -0.15) is 0 Å². The molecule has 1 aromatic carbocycles. The van der Waals surface area contributed by atoms with Crippen molar-refractivity contribution < 1.29 is 14.2 Å². The molecule has 0 N–H and O–H groups in total. The molecule has 0 spiro atoms. The summed E-state index contributed by atoms with van der Waals surface area (Å²) < 4.78 is 9.69. The first-order valence-electron chi connectivity index (χ1n) is 3.81. The zero-order valence-electron chi connectivity index (χ0n) is 7.26. The van der Waals surface area contributed by atoms with Crippen molar-refractivity contribution in [2.24, 2.45) is 0 Å². The van der Waals surface area contributed by atoms with Crippen molar-refractivity contribution in [3.8, 4) is 5.88 Å². The number of aromatic nitrogens is 1. The van der Waals surface area contributed by atoms with E-state index in [1.165, 1.54) is 13.2 Å². The molecular formula is C8H6N2O4. The molecule has 2 aromatic rings. The van der Waals surface area contributed by atoms with Gasteiger partial charge in [0.2, 0.25) is 5.58 Å². The average Bonchev–Trinajstić information content (AvgIpc) is 2.59. The smallest absolute Gasteiger partial charge is 0.315 e. The van der Waals surface area contributed by atoms with Gasteiger partial charge in [-0.3, -0.25) is 10.1 Å². The molecule has 0 atom stereocenters. The van der Waals surface area contributed by atoms with E-state index < -0.39 is 4.92 Å². The van der Waals surface area contributed by atoms with Crippen LogP contribution in [0.3, 0.4) is 0 Å². The number of hydrogen-bond donors (Lipinski definition) is 0. The fourth-order valence-corrected chi connectivity index (χ4v) is 1.22. The quantitative estimate of drug-likeness (QED) is 0.537. The van der Waals surface area contributed by atoms with Crippen LogP contribution in [0.4, 0.5) is 5.69 Å². The fourth-order valence-electron chi connectivity index (χ4n) is 1.22. The number of methoxy groups -OCH3 is 1. The number of nitrogens with zero attached hydrogens (tertiary/aromatic N) is 2. The number of hydrogen-bond acceptors (Lipinski definition) is 5. The van der Waals surface area contributed by atoms with Crippen LogP contribution in [0.15, 0.2) is 22.7 Å². The Morgan fingerprint density at radius 2 is 2.36 bits per heavy atom. The average molecular weight is 194 g/mol. The number of benzene rings is 1. The van der Waals surface area contributed by atoms with E-state index in [0.29, 0.717) is 5.39 Å². The van der Waals surface area contributed by atoms with Gasteiger partial charge < -0.3 is 9.26 Å². The van der Waals surface area contributed by atoms with Gasteiger partial charge in [-0.05, 0) is 11.2 Å². The number of rotatable bonds is 2. The second kappa shape index (κ2) is 2.99. The summed E-state index contributed by atoms with van der Waals surface area (Å²) in [5.41, 5.74) is 0.0210. The maximum Gasteiger partial charge on any atom is 0.315 e. The molecule has 0 fully saturated rings. The Bertz CT molecular complexity index is 491. The number of ether oxygens (including phenoxy) is 1. The third-order valence-electron chi connectivity index (χ3n) is 1.83. The van der Waals surface area contributed by atoms with E-state index in [-0.39, 0.29) is 17.2 Å². The molecule has 6 nitrogen and oxygen atoms in total. The van der Waals surface area contributed by atoms with Gasteiger partial charge in [0.25, 0.3) is 5.88 Å². The predicted molar refractivity (Wildman–Crippen MR) is 47.2 cm³/mol. The van der Waals surface area contributed by atoms with Crippen LogP contribution >= 0.6 is 0 Å². The second-order valence-electron chi connectivity index (χ2n) is 2.60. The summed E-state index contributed by atoms with van der Waals surface area (Å²) in [7, 11) is 1.43. The van der Waals surface area contributed by atoms with Gasteiger partial charge in [0.15, 0.2) is 0 Å². The fraction of sp³-hybridized carbons (Fsp3) is 0.125. The number of nitro benzene ring substituents is 1. The highest BCUT2D eigenvalue weighted by atomic mass is 16.6. The van der Waals surface area contributed by atoms with Crippen LogP contribution in [-0.2, 0) is 0 Å². The third kappa shape index (κ3) is 1.08. The van der Waals surface area contributed by atoms with E-state index in [9.17, 15) is 10.1 Å². The van der Waals surface area contributed by atoms with Crippen LogP contribution < -0.4 is 4.74 Å². The minimum absolute atomic E-state index is 0.113. The Kier molecular flexibility index (Phi) is 1.81. The number of nitro groups is 1. The lowest BCUT2D eigenvalue weighted by Crippen LogP contribution is -1.87. The van der Waals surface area contributed by atoms with Crippen molar-refractivity contribution in [3.05, 3.63) is 28.3 Å². The molecule has 1 heterocycles. The van der Waals surface area contributed by atoms with Crippen molar-refractivity contribution in [3.63, 3.8) is 0 Å². The van der Waals surface area contributed by atoms with Crippen molar-refractivity contribution in [2.75, 3.05) is 7.11 Å². The van der Waals surface area contributed by atoms with Gasteiger partial charge in [0.05, 0.1) is 17.4 Å². The minimum atomic E-state index is -0.521. The lowest BCUT2D eigenvalue weighted by molar-refractivity contribution is -0.383. The highest BCUT2D eigenvalue weighted by molar-refractivity contribution is 5.89. The molecule has 14 heavy (non-hydrogen) atoms. The SMILES string of the molecule is COc1noc2c([N+](=O)[O-])cccc12. The van der Waals surface area contributed by atoms with Gasteiger partial charge in [-0.15, -0.1) is 0 Å². The van der Waals surface area contributed by atoms with Gasteiger partial charge in [-0.25, -0.2) is 0 Å². The lowest BCUT2D eigenvalue weighted by atomic mass is 10.2. The molecule has 0 saturated carbocycles. The van der Waals surface area contributed by atoms with Crippen LogP contribution in [0.1, 0.15) is 0 Å². The maximum absolute atomic E-state index is 10.6. The van der Waals surface area contributed by atoms with Gasteiger partial charge >= 0.3 is 5.69 Å². The first kappa shape index (κ1) is 8.49. The zero-order valence-corrected chi connectivity index (χ0v) is 7.26. The van der Waals surface area contributed by atoms with Crippen molar-refractivity contribution in [1.29, 1.82) is 0 Å². The maximum atomic E-state index is 10.6. The van der Waals surface area contributed by atoms with Gasteiger partial charge in [0, 0.05) is 6.07 Å².